The van der Waals surface area contributed by atoms with Gasteiger partial charge in [-0.15, -0.1) is 0 Å². The summed E-state index contributed by atoms with van der Waals surface area (Å²) in [5, 5.41) is 9.62. The molecule has 3 heteroatoms. The minimum Gasteiger partial charge on any atom is -0.208 e. The predicted octanol–water partition coefficient (Wildman–Crippen LogP) is 13.8. The van der Waals surface area contributed by atoms with Crippen LogP contribution in [0.15, 0.2) is 212 Å². The highest BCUT2D eigenvalue weighted by Crippen LogP contribution is 2.58. The quantitative estimate of drug-likeness (QED) is 0.165. The van der Waals surface area contributed by atoms with E-state index in [1.54, 1.807) is 0 Å². The van der Waals surface area contributed by atoms with Crippen LogP contribution < -0.4 is 0 Å². The maximum Gasteiger partial charge on any atom is 0.164 e. The summed E-state index contributed by atoms with van der Waals surface area (Å²) in [6.07, 6.45) is 0. The van der Waals surface area contributed by atoms with Crippen molar-refractivity contribution in [3.8, 4) is 45.3 Å². The molecule has 1 heterocycles. The van der Waals surface area contributed by atoms with E-state index in [0.29, 0.717) is 17.5 Å². The highest BCUT2D eigenvalue weighted by atomic mass is 15.0. The Hall–Kier alpha value is -7.75. The summed E-state index contributed by atoms with van der Waals surface area (Å²) in [7, 11) is 0. The molecule has 1 aliphatic carbocycles. The Kier molecular flexibility index (Phi) is 7.45. The molecule has 10 aromatic carbocycles. The molecular formula is C56H35N3. The first-order valence-corrected chi connectivity index (χ1v) is 20.2. The van der Waals surface area contributed by atoms with E-state index in [1.165, 1.54) is 71.1 Å². The second-order valence-corrected chi connectivity index (χ2v) is 15.4. The lowest BCUT2D eigenvalue weighted by Crippen LogP contribution is -2.28. The molecule has 0 bridgehead atoms. The van der Waals surface area contributed by atoms with Crippen LogP contribution in [0.2, 0.25) is 0 Å². The van der Waals surface area contributed by atoms with Crippen molar-refractivity contribution in [1.29, 1.82) is 0 Å². The molecule has 0 saturated heterocycles. The lowest BCUT2D eigenvalue weighted by atomic mass is 9.67. The predicted molar refractivity (Wildman–Crippen MR) is 243 cm³/mol. The summed E-state index contributed by atoms with van der Waals surface area (Å²) in [5.74, 6) is 1.93. The molecule has 0 unspecified atom stereocenters. The molecule has 0 amide bonds. The third kappa shape index (κ3) is 4.98. The number of hydrogen-bond donors (Lipinski definition) is 0. The highest BCUT2D eigenvalue weighted by Gasteiger charge is 2.46. The molecular weight excluding hydrogens is 715 g/mol. The van der Waals surface area contributed by atoms with E-state index in [4.69, 9.17) is 15.0 Å². The van der Waals surface area contributed by atoms with E-state index < -0.39 is 5.41 Å². The standard InChI is InChI=1S/C56H35N3/c1-4-17-36(18-5-1)53-57-54(37-31-32-44-42-25-11-10-23-40(42)41-24-12-13-26-43(41)49(44)35-37)59-55(58-53)47-29-16-28-46-45(47)33-34-51-52(46)48-27-14-15-30-50(48)56(51,38-19-6-2-7-20-38)39-21-8-3-9-22-39/h1-35H. The zero-order valence-corrected chi connectivity index (χ0v) is 32.0. The van der Waals surface area contributed by atoms with Gasteiger partial charge < -0.3 is 0 Å². The van der Waals surface area contributed by atoms with Crippen molar-refractivity contribution in [2.24, 2.45) is 0 Å². The van der Waals surface area contributed by atoms with E-state index in [-0.39, 0.29) is 0 Å². The Morgan fingerprint density at radius 1 is 0.271 bits per heavy atom. The lowest BCUT2D eigenvalue weighted by molar-refractivity contribution is 0.769. The first kappa shape index (κ1) is 33.4. The minimum absolute atomic E-state index is 0.481. The van der Waals surface area contributed by atoms with Crippen LogP contribution in [-0.2, 0) is 5.41 Å². The normalized spacial score (nSPS) is 12.9. The Bertz CT molecular complexity index is 3360. The van der Waals surface area contributed by atoms with E-state index in [9.17, 15) is 0 Å². The van der Waals surface area contributed by atoms with Gasteiger partial charge in [0.05, 0.1) is 5.41 Å². The average molecular weight is 750 g/mol. The Balaban J connectivity index is 1.11. The fourth-order valence-electron chi connectivity index (χ4n) is 9.88. The summed E-state index contributed by atoms with van der Waals surface area (Å²) >= 11 is 0. The molecule has 0 atom stereocenters. The first-order chi connectivity index (χ1) is 29.3. The van der Waals surface area contributed by atoms with Gasteiger partial charge in [-0.3, -0.25) is 0 Å². The molecule has 0 aliphatic heterocycles. The number of rotatable bonds is 5. The molecule has 1 aliphatic rings. The molecule has 274 valence electrons. The molecule has 1 aromatic heterocycles. The fourth-order valence-corrected chi connectivity index (χ4v) is 9.88. The largest absolute Gasteiger partial charge is 0.208 e. The van der Waals surface area contributed by atoms with E-state index in [2.05, 4.69) is 194 Å². The highest BCUT2D eigenvalue weighted by molar-refractivity contribution is 6.25. The smallest absolute Gasteiger partial charge is 0.164 e. The van der Waals surface area contributed by atoms with E-state index in [0.717, 1.165) is 22.1 Å². The molecule has 0 saturated carbocycles. The molecule has 59 heavy (non-hydrogen) atoms. The van der Waals surface area contributed by atoms with Crippen molar-refractivity contribution in [3.63, 3.8) is 0 Å². The third-order valence-corrected chi connectivity index (χ3v) is 12.4. The number of aromatic nitrogens is 3. The zero-order valence-electron chi connectivity index (χ0n) is 32.0. The van der Waals surface area contributed by atoms with E-state index >= 15 is 0 Å². The van der Waals surface area contributed by atoms with Gasteiger partial charge in [0.15, 0.2) is 17.5 Å². The minimum atomic E-state index is -0.481. The summed E-state index contributed by atoms with van der Waals surface area (Å²) in [6.45, 7) is 0. The Morgan fingerprint density at radius 2 is 0.746 bits per heavy atom. The summed E-state index contributed by atoms with van der Waals surface area (Å²) in [5.41, 5.74) is 9.94. The monoisotopic (exact) mass is 749 g/mol. The number of fused-ring (bicyclic) bond motifs is 11. The van der Waals surface area contributed by atoms with Gasteiger partial charge in [-0.05, 0) is 82.5 Å². The molecule has 0 radical (unpaired) electrons. The summed E-state index contributed by atoms with van der Waals surface area (Å²) in [4.78, 5) is 15.8. The molecule has 11 aromatic rings. The summed E-state index contributed by atoms with van der Waals surface area (Å²) < 4.78 is 0. The Labute approximate surface area is 342 Å². The van der Waals surface area contributed by atoms with Crippen LogP contribution in [-0.4, -0.2) is 15.0 Å². The van der Waals surface area contributed by atoms with Gasteiger partial charge in [-0.25, -0.2) is 15.0 Å². The van der Waals surface area contributed by atoms with Crippen molar-refractivity contribution in [3.05, 3.63) is 235 Å². The van der Waals surface area contributed by atoms with Crippen LogP contribution in [0.1, 0.15) is 22.3 Å². The van der Waals surface area contributed by atoms with Crippen LogP contribution in [0.4, 0.5) is 0 Å². The maximum atomic E-state index is 5.34. The molecule has 0 spiro atoms. The molecule has 12 rings (SSSR count). The number of nitrogens with zero attached hydrogens (tertiary/aromatic N) is 3. The lowest BCUT2D eigenvalue weighted by Gasteiger charge is -2.34. The molecule has 0 fully saturated rings. The van der Waals surface area contributed by atoms with E-state index in [1.807, 2.05) is 18.2 Å². The maximum absolute atomic E-state index is 5.34. The van der Waals surface area contributed by atoms with Gasteiger partial charge in [-0.1, -0.05) is 206 Å². The van der Waals surface area contributed by atoms with Gasteiger partial charge in [-0.2, -0.15) is 0 Å². The third-order valence-electron chi connectivity index (χ3n) is 12.4. The van der Waals surface area contributed by atoms with Gasteiger partial charge in [0.1, 0.15) is 0 Å². The SMILES string of the molecule is c1ccc(-c2nc(-c3ccc4c5ccccc5c5ccccc5c4c3)nc(-c3cccc4c5c(ccc34)C(c3ccccc3)(c3ccccc3)c3ccccc3-5)n2)cc1. The number of benzene rings is 10. The summed E-state index contributed by atoms with van der Waals surface area (Å²) in [6, 6.07) is 76.3. The average Bonchev–Trinajstić information content (AvgIpc) is 3.63. The van der Waals surface area contributed by atoms with Crippen molar-refractivity contribution < 1.29 is 0 Å². The fraction of sp³-hybridized carbons (Fsp3) is 0.0179. The van der Waals surface area contributed by atoms with Gasteiger partial charge in [0.25, 0.3) is 0 Å². The van der Waals surface area contributed by atoms with Crippen LogP contribution in [0, 0.1) is 0 Å². The second-order valence-electron chi connectivity index (χ2n) is 15.4. The molecule has 0 N–H and O–H groups in total. The van der Waals surface area contributed by atoms with Crippen LogP contribution in [0.5, 0.6) is 0 Å². The van der Waals surface area contributed by atoms with Crippen molar-refractivity contribution in [2.75, 3.05) is 0 Å². The molecule has 3 nitrogen and oxygen atoms in total. The van der Waals surface area contributed by atoms with Gasteiger partial charge in [0.2, 0.25) is 0 Å². The second kappa shape index (κ2) is 13.2. The zero-order chi connectivity index (χ0) is 38.9. The van der Waals surface area contributed by atoms with Crippen molar-refractivity contribution in [2.45, 2.75) is 5.41 Å². The topological polar surface area (TPSA) is 38.7 Å². The van der Waals surface area contributed by atoms with Crippen LogP contribution in [0.25, 0.3) is 88.4 Å². The Morgan fingerprint density at radius 3 is 1.41 bits per heavy atom. The van der Waals surface area contributed by atoms with Crippen LogP contribution in [0.3, 0.4) is 0 Å². The van der Waals surface area contributed by atoms with Gasteiger partial charge in [0, 0.05) is 16.7 Å². The number of hydrogen-bond acceptors (Lipinski definition) is 3. The first-order valence-electron chi connectivity index (χ1n) is 20.2. The van der Waals surface area contributed by atoms with Crippen LogP contribution >= 0.6 is 0 Å². The van der Waals surface area contributed by atoms with Crippen molar-refractivity contribution >= 4 is 43.1 Å². The van der Waals surface area contributed by atoms with Gasteiger partial charge >= 0.3 is 0 Å². The van der Waals surface area contributed by atoms with Crippen molar-refractivity contribution in [1.82, 2.24) is 15.0 Å².